The second-order valence-corrected chi connectivity index (χ2v) is 13.8. The van der Waals surface area contributed by atoms with Gasteiger partial charge in [0.05, 0.1) is 244 Å². The molecule has 25 nitrogen and oxygen atoms in total. The molecule has 25 heteroatoms. The van der Waals surface area contributed by atoms with Crippen LogP contribution in [0.25, 0.3) is 0 Å². The minimum atomic E-state index is -1.14. The molecule has 0 radical (unpaired) electrons. The SMILES string of the molecule is COCCOCCOCCOCCOCCOCCOCCOCCOCCOCCOCCOCCOCCOCCOCCOCCOCCOCCOCCOC(=O)ON1C(=O)CCC1=O. The van der Waals surface area contributed by atoms with Gasteiger partial charge >= 0.3 is 6.16 Å². The van der Waals surface area contributed by atoms with Gasteiger partial charge in [0, 0.05) is 20.0 Å². The zero-order chi connectivity index (χ0) is 49.4. The van der Waals surface area contributed by atoms with Crippen LogP contribution in [-0.2, 0) is 109 Å². The van der Waals surface area contributed by atoms with E-state index in [2.05, 4.69) is 4.84 Å². The predicted molar refractivity (Wildman–Crippen MR) is 240 cm³/mol. The molecule has 1 fully saturated rings. The lowest BCUT2D eigenvalue weighted by atomic mass is 10.4. The van der Waals surface area contributed by atoms with Crippen LogP contribution in [-0.4, -0.2) is 281 Å². The fraction of sp³-hybridized carbons (Fsp3) is 0.932. The van der Waals surface area contributed by atoms with Crippen LogP contribution < -0.4 is 0 Å². The van der Waals surface area contributed by atoms with Crippen molar-refractivity contribution in [2.24, 2.45) is 0 Å². The number of imide groups is 1. The van der Waals surface area contributed by atoms with Crippen LogP contribution >= 0.6 is 0 Å². The molecule has 0 aliphatic carbocycles. The number of hydrogen-bond donors (Lipinski definition) is 0. The fourth-order valence-electron chi connectivity index (χ4n) is 4.93. The van der Waals surface area contributed by atoms with Gasteiger partial charge in [-0.1, -0.05) is 5.06 Å². The Morgan fingerprint density at radius 3 is 0.623 bits per heavy atom. The third kappa shape index (κ3) is 49.0. The van der Waals surface area contributed by atoms with Crippen molar-refractivity contribution in [1.82, 2.24) is 5.06 Å². The number of nitrogens with zero attached hydrogens (tertiary/aromatic N) is 1. The Morgan fingerprint density at radius 1 is 0.290 bits per heavy atom. The molecule has 408 valence electrons. The van der Waals surface area contributed by atoms with Crippen LogP contribution in [0.15, 0.2) is 0 Å². The van der Waals surface area contributed by atoms with E-state index < -0.39 is 18.0 Å². The summed E-state index contributed by atoms with van der Waals surface area (Å²) in [6.07, 6.45) is -1.12. The average Bonchev–Trinajstić information content (AvgIpc) is 3.67. The number of methoxy groups -OCH3 is 1. The van der Waals surface area contributed by atoms with Crippen molar-refractivity contribution in [3.05, 3.63) is 0 Å². The van der Waals surface area contributed by atoms with Crippen molar-refractivity contribution in [3.8, 4) is 0 Å². The van der Waals surface area contributed by atoms with Crippen LogP contribution in [0.2, 0.25) is 0 Å². The van der Waals surface area contributed by atoms with Crippen LogP contribution in [0.1, 0.15) is 12.8 Å². The first-order chi connectivity index (χ1) is 34.1. The van der Waals surface area contributed by atoms with Gasteiger partial charge in [-0.2, -0.15) is 0 Å². The van der Waals surface area contributed by atoms with Gasteiger partial charge in [-0.3, -0.25) is 14.4 Å². The number of hydroxylamine groups is 2. The summed E-state index contributed by atoms with van der Waals surface area (Å²) in [4.78, 5) is 38.8. The molecule has 1 rings (SSSR count). The van der Waals surface area contributed by atoms with Gasteiger partial charge in [0.2, 0.25) is 0 Å². The molecule has 0 N–H and O–H groups in total. The normalized spacial score (nSPS) is 12.8. The summed E-state index contributed by atoms with van der Waals surface area (Å²) in [7, 11) is 1.64. The van der Waals surface area contributed by atoms with Gasteiger partial charge in [-0.25, -0.2) is 4.79 Å². The van der Waals surface area contributed by atoms with Gasteiger partial charge in [0.15, 0.2) is 0 Å². The molecule has 0 unspecified atom stereocenters. The van der Waals surface area contributed by atoms with E-state index in [0.717, 1.165) is 0 Å². The van der Waals surface area contributed by atoms with Crippen molar-refractivity contribution in [1.29, 1.82) is 0 Å². The molecule has 69 heavy (non-hydrogen) atoms. The zero-order valence-corrected chi connectivity index (χ0v) is 41.0. The van der Waals surface area contributed by atoms with Crippen molar-refractivity contribution in [2.75, 3.05) is 258 Å². The lowest BCUT2D eigenvalue weighted by Gasteiger charge is -2.12. The summed E-state index contributed by atoms with van der Waals surface area (Å²) in [5.74, 6) is -1.15. The Kier molecular flexibility index (Phi) is 51.5. The first-order valence-electron chi connectivity index (χ1n) is 23.7. The molecular formula is C44H83NO24. The molecule has 0 aromatic rings. The van der Waals surface area contributed by atoms with E-state index in [0.29, 0.717) is 236 Å². The van der Waals surface area contributed by atoms with E-state index in [1.54, 1.807) is 7.11 Å². The van der Waals surface area contributed by atoms with Crippen molar-refractivity contribution >= 4 is 18.0 Å². The molecule has 0 spiro atoms. The Morgan fingerprint density at radius 2 is 0.449 bits per heavy atom. The molecule has 1 saturated heterocycles. The smallest absolute Gasteiger partial charge is 0.430 e. The molecule has 0 atom stereocenters. The van der Waals surface area contributed by atoms with Gasteiger partial charge in [0.1, 0.15) is 6.61 Å². The van der Waals surface area contributed by atoms with E-state index >= 15 is 0 Å². The number of rotatable bonds is 58. The van der Waals surface area contributed by atoms with E-state index in [9.17, 15) is 14.4 Å². The fourth-order valence-corrected chi connectivity index (χ4v) is 4.93. The number of ether oxygens (including phenoxy) is 20. The summed E-state index contributed by atoms with van der Waals surface area (Å²) in [6.45, 7) is 17.1. The highest BCUT2D eigenvalue weighted by molar-refractivity contribution is 6.01. The highest BCUT2D eigenvalue weighted by Crippen LogP contribution is 2.12. The molecule has 0 saturated carbocycles. The minimum Gasteiger partial charge on any atom is -0.430 e. The number of amides is 2. The van der Waals surface area contributed by atoms with Gasteiger partial charge in [-0.15, -0.1) is 0 Å². The highest BCUT2D eigenvalue weighted by atomic mass is 16.8. The van der Waals surface area contributed by atoms with Crippen LogP contribution in [0.3, 0.4) is 0 Å². The summed E-state index contributed by atoms with van der Waals surface area (Å²) in [6, 6.07) is 0. The Labute approximate surface area is 407 Å². The summed E-state index contributed by atoms with van der Waals surface area (Å²) in [5, 5.41) is 0.417. The average molecular weight is 1010 g/mol. The van der Waals surface area contributed by atoms with Crippen LogP contribution in [0.4, 0.5) is 4.79 Å². The first-order valence-corrected chi connectivity index (χ1v) is 23.7. The Hall–Kier alpha value is -2.35. The van der Waals surface area contributed by atoms with Crippen LogP contribution in [0, 0.1) is 0 Å². The second-order valence-electron chi connectivity index (χ2n) is 13.8. The minimum absolute atomic E-state index is 0.0118. The number of hydrogen-bond acceptors (Lipinski definition) is 24. The summed E-state index contributed by atoms with van der Waals surface area (Å²) < 4.78 is 108. The molecule has 1 aliphatic rings. The van der Waals surface area contributed by atoms with Gasteiger partial charge in [0.25, 0.3) is 11.8 Å². The van der Waals surface area contributed by atoms with E-state index in [1.165, 1.54) is 0 Å². The van der Waals surface area contributed by atoms with E-state index in [1.807, 2.05) is 0 Å². The molecule has 0 aromatic carbocycles. The second kappa shape index (κ2) is 55.0. The maximum absolute atomic E-state index is 11.5. The molecule has 0 bridgehead atoms. The Bertz CT molecular complexity index is 1090. The van der Waals surface area contributed by atoms with Crippen LogP contribution in [0.5, 0.6) is 0 Å². The van der Waals surface area contributed by atoms with Gasteiger partial charge < -0.3 is 94.7 Å². The summed E-state index contributed by atoms with van der Waals surface area (Å²) in [5.41, 5.74) is 0. The standard InChI is InChI=1S/C44H83NO24/c1-49-4-5-50-6-7-51-8-9-52-10-11-53-12-13-54-14-15-55-16-17-56-18-19-57-20-21-58-22-23-59-24-25-60-26-27-61-28-29-62-30-31-63-32-33-64-34-35-65-36-37-66-38-39-67-40-41-68-44(48)69-45-42(46)2-3-43(45)47/h2-41H2,1H3. The van der Waals surface area contributed by atoms with E-state index in [4.69, 9.17) is 94.7 Å². The van der Waals surface area contributed by atoms with Crippen molar-refractivity contribution in [2.45, 2.75) is 12.8 Å². The molecule has 1 heterocycles. The summed E-state index contributed by atoms with van der Waals surface area (Å²) >= 11 is 0. The Balaban J connectivity index is 1.60. The topological polar surface area (TPSA) is 248 Å². The largest absolute Gasteiger partial charge is 0.534 e. The molecular weight excluding hydrogens is 926 g/mol. The molecule has 1 aliphatic heterocycles. The highest BCUT2D eigenvalue weighted by Gasteiger charge is 2.33. The van der Waals surface area contributed by atoms with Crippen molar-refractivity contribution in [3.63, 3.8) is 0 Å². The quantitative estimate of drug-likeness (QED) is 0.0447. The monoisotopic (exact) mass is 1010 g/mol. The maximum Gasteiger partial charge on any atom is 0.534 e. The predicted octanol–water partition coefficient (Wildman–Crippen LogP) is 0.149. The van der Waals surface area contributed by atoms with E-state index in [-0.39, 0.29) is 32.7 Å². The third-order valence-corrected chi connectivity index (χ3v) is 8.38. The third-order valence-electron chi connectivity index (χ3n) is 8.38. The lowest BCUT2D eigenvalue weighted by Crippen LogP contribution is -2.32. The molecule has 2 amide bonds. The maximum atomic E-state index is 11.5. The zero-order valence-electron chi connectivity index (χ0n) is 41.0. The lowest BCUT2D eigenvalue weighted by molar-refractivity contribution is -0.177. The van der Waals surface area contributed by atoms with Gasteiger partial charge in [-0.05, 0) is 0 Å². The number of carbonyl (C=O) groups is 3. The number of carbonyl (C=O) groups excluding carboxylic acids is 3. The molecule has 0 aromatic heterocycles. The van der Waals surface area contributed by atoms with Crippen molar-refractivity contribution < 1.29 is 114 Å². The first kappa shape index (κ1) is 64.7.